The molecule has 0 aliphatic heterocycles. The van der Waals surface area contributed by atoms with Crippen LogP contribution in [-0.2, 0) is 4.74 Å². The molecule has 1 heterocycles. The van der Waals surface area contributed by atoms with Gasteiger partial charge in [-0.05, 0) is 12.8 Å². The fraction of sp³-hybridized carbons (Fsp3) is 0.600. The lowest BCUT2D eigenvalue weighted by molar-refractivity contribution is 0.0293. The van der Waals surface area contributed by atoms with Crippen LogP contribution in [-0.4, -0.2) is 22.7 Å². The minimum absolute atomic E-state index is 0.104. The third-order valence-electron chi connectivity index (χ3n) is 1.93. The molecule has 0 bridgehead atoms. The Morgan fingerprint density at radius 3 is 2.73 bits per heavy atom. The van der Waals surface area contributed by atoms with Crippen molar-refractivity contribution in [3.63, 3.8) is 0 Å². The van der Waals surface area contributed by atoms with Gasteiger partial charge in [0.15, 0.2) is 0 Å². The van der Waals surface area contributed by atoms with Gasteiger partial charge in [-0.3, -0.25) is 0 Å². The number of aromatic nitrogens is 1. The highest BCUT2D eigenvalue weighted by atomic mass is 32.1. The smallest absolute Gasteiger partial charge is 0.347 e. The highest BCUT2D eigenvalue weighted by Crippen LogP contribution is 2.29. The molecule has 1 N–H and O–H groups in total. The molecule has 0 aliphatic carbocycles. The first-order valence-electron chi connectivity index (χ1n) is 4.86. The van der Waals surface area contributed by atoms with Crippen LogP contribution in [0.4, 0.5) is 0 Å². The van der Waals surface area contributed by atoms with E-state index in [-0.39, 0.29) is 16.9 Å². The number of nitrogens with zero attached hydrogens (tertiary/aromatic N) is 1. The van der Waals surface area contributed by atoms with Crippen molar-refractivity contribution in [3.05, 3.63) is 16.1 Å². The minimum Gasteiger partial charge on any atom is -0.477 e. The first kappa shape index (κ1) is 12.1. The lowest BCUT2D eigenvalue weighted by atomic mass is 10.1. The maximum absolute atomic E-state index is 10.7. The Hall–Kier alpha value is -0.940. The third-order valence-corrected chi connectivity index (χ3v) is 2.98. The van der Waals surface area contributed by atoms with Gasteiger partial charge in [-0.1, -0.05) is 13.8 Å². The van der Waals surface area contributed by atoms with Crippen LogP contribution in [0.25, 0.3) is 0 Å². The van der Waals surface area contributed by atoms with E-state index in [1.807, 2.05) is 20.8 Å². The molecule has 4 nitrogen and oxygen atoms in total. The second-order valence-corrected chi connectivity index (χ2v) is 4.55. The van der Waals surface area contributed by atoms with Crippen LogP contribution in [0.1, 0.15) is 41.6 Å². The zero-order valence-corrected chi connectivity index (χ0v) is 9.87. The molecule has 0 aromatic carbocycles. The zero-order valence-electron chi connectivity index (χ0n) is 9.06. The SMILES string of the molecule is CCOC(c1ncc(C(=O)O)s1)C(C)C. The lowest BCUT2D eigenvalue weighted by Crippen LogP contribution is -2.10. The van der Waals surface area contributed by atoms with Crippen molar-refractivity contribution in [1.82, 2.24) is 4.98 Å². The number of hydrogen-bond acceptors (Lipinski definition) is 4. The first-order chi connectivity index (χ1) is 7.06. The Balaban J connectivity index is 2.86. The first-order valence-corrected chi connectivity index (χ1v) is 5.68. The van der Waals surface area contributed by atoms with Gasteiger partial charge in [-0.2, -0.15) is 0 Å². The van der Waals surface area contributed by atoms with Gasteiger partial charge in [0, 0.05) is 6.61 Å². The molecule has 1 atom stereocenters. The average molecular weight is 229 g/mol. The van der Waals surface area contributed by atoms with Crippen LogP contribution >= 0.6 is 11.3 Å². The number of aromatic carboxylic acids is 1. The van der Waals surface area contributed by atoms with Gasteiger partial charge in [0.2, 0.25) is 0 Å². The van der Waals surface area contributed by atoms with Gasteiger partial charge in [0.25, 0.3) is 0 Å². The summed E-state index contributed by atoms with van der Waals surface area (Å²) >= 11 is 1.18. The molecule has 1 rings (SSSR count). The van der Waals surface area contributed by atoms with Gasteiger partial charge in [0.05, 0.1) is 6.20 Å². The van der Waals surface area contributed by atoms with Gasteiger partial charge in [0.1, 0.15) is 16.0 Å². The van der Waals surface area contributed by atoms with Crippen molar-refractivity contribution in [2.45, 2.75) is 26.9 Å². The number of rotatable bonds is 5. The molecule has 1 aromatic heterocycles. The Labute approximate surface area is 92.9 Å². The van der Waals surface area contributed by atoms with E-state index < -0.39 is 5.97 Å². The molecule has 0 aliphatic rings. The summed E-state index contributed by atoms with van der Waals surface area (Å²) in [4.78, 5) is 15.0. The van der Waals surface area contributed by atoms with Crippen LogP contribution in [0.2, 0.25) is 0 Å². The maximum Gasteiger partial charge on any atom is 0.347 e. The van der Waals surface area contributed by atoms with E-state index in [9.17, 15) is 4.79 Å². The second kappa shape index (κ2) is 5.23. The van der Waals surface area contributed by atoms with E-state index in [2.05, 4.69) is 4.98 Å². The number of ether oxygens (including phenoxy) is 1. The maximum atomic E-state index is 10.7. The number of thiazole rings is 1. The summed E-state index contributed by atoms with van der Waals surface area (Å²) < 4.78 is 5.54. The standard InChI is InChI=1S/C10H15NO3S/c1-4-14-8(6(2)3)9-11-5-7(15-9)10(12)13/h5-6,8H,4H2,1-3H3,(H,12,13). The fourth-order valence-corrected chi connectivity index (χ4v) is 2.23. The largest absolute Gasteiger partial charge is 0.477 e. The van der Waals surface area contributed by atoms with Gasteiger partial charge in [-0.25, -0.2) is 9.78 Å². The summed E-state index contributed by atoms with van der Waals surface area (Å²) in [6, 6.07) is 0. The van der Waals surface area contributed by atoms with E-state index in [0.29, 0.717) is 6.61 Å². The molecule has 84 valence electrons. The Morgan fingerprint density at radius 1 is 1.67 bits per heavy atom. The quantitative estimate of drug-likeness (QED) is 0.843. The van der Waals surface area contributed by atoms with Gasteiger partial charge >= 0.3 is 5.97 Å². The molecule has 5 heteroatoms. The summed E-state index contributed by atoms with van der Waals surface area (Å²) in [5.74, 6) is -0.643. The molecule has 0 saturated carbocycles. The van der Waals surface area contributed by atoms with Crippen LogP contribution < -0.4 is 0 Å². The van der Waals surface area contributed by atoms with Crippen molar-refractivity contribution in [2.24, 2.45) is 5.92 Å². The Kier molecular flexibility index (Phi) is 4.23. The molecule has 0 saturated heterocycles. The molecular weight excluding hydrogens is 214 g/mol. The minimum atomic E-state index is -0.933. The van der Waals surface area contributed by atoms with Crippen LogP contribution in [0.15, 0.2) is 6.20 Å². The summed E-state index contributed by atoms with van der Waals surface area (Å²) in [6.45, 7) is 6.58. The third kappa shape index (κ3) is 3.00. The molecule has 1 aromatic rings. The van der Waals surface area contributed by atoms with Gasteiger partial charge < -0.3 is 9.84 Å². The Bertz CT molecular complexity index is 335. The Morgan fingerprint density at radius 2 is 2.33 bits per heavy atom. The highest BCUT2D eigenvalue weighted by Gasteiger charge is 2.21. The van der Waals surface area contributed by atoms with E-state index in [4.69, 9.17) is 9.84 Å². The molecule has 0 radical (unpaired) electrons. The molecule has 0 spiro atoms. The monoisotopic (exact) mass is 229 g/mol. The summed E-state index contributed by atoms with van der Waals surface area (Å²) in [5, 5.41) is 9.52. The number of hydrogen-bond donors (Lipinski definition) is 1. The fourth-order valence-electron chi connectivity index (χ4n) is 1.25. The van der Waals surface area contributed by atoms with Crippen LogP contribution in [0.5, 0.6) is 0 Å². The molecule has 15 heavy (non-hydrogen) atoms. The summed E-state index contributed by atoms with van der Waals surface area (Å²) in [6.07, 6.45) is 1.28. The normalized spacial score (nSPS) is 13.1. The number of carboxylic acid groups (broad SMARTS) is 1. The van der Waals surface area contributed by atoms with Crippen molar-refractivity contribution >= 4 is 17.3 Å². The number of carboxylic acids is 1. The van der Waals surface area contributed by atoms with Crippen molar-refractivity contribution in [3.8, 4) is 0 Å². The van der Waals surface area contributed by atoms with Gasteiger partial charge in [-0.15, -0.1) is 11.3 Å². The van der Waals surface area contributed by atoms with Crippen LogP contribution in [0, 0.1) is 5.92 Å². The molecule has 0 amide bonds. The van der Waals surface area contributed by atoms with E-state index in [0.717, 1.165) is 5.01 Å². The topological polar surface area (TPSA) is 59.4 Å². The van der Waals surface area contributed by atoms with Crippen molar-refractivity contribution in [1.29, 1.82) is 0 Å². The predicted molar refractivity (Wildman–Crippen MR) is 58.3 cm³/mol. The molecule has 0 fully saturated rings. The van der Waals surface area contributed by atoms with Crippen LogP contribution in [0.3, 0.4) is 0 Å². The predicted octanol–water partition coefficient (Wildman–Crippen LogP) is 2.57. The van der Waals surface area contributed by atoms with Crippen molar-refractivity contribution < 1.29 is 14.6 Å². The van der Waals surface area contributed by atoms with E-state index in [1.165, 1.54) is 17.5 Å². The summed E-state index contributed by atoms with van der Waals surface area (Å²) in [5.41, 5.74) is 0. The average Bonchev–Trinajstić information content (AvgIpc) is 2.62. The molecular formula is C10H15NO3S. The lowest BCUT2D eigenvalue weighted by Gasteiger charge is -2.17. The highest BCUT2D eigenvalue weighted by molar-refractivity contribution is 7.13. The van der Waals surface area contributed by atoms with Crippen molar-refractivity contribution in [2.75, 3.05) is 6.61 Å². The second-order valence-electron chi connectivity index (χ2n) is 3.49. The zero-order chi connectivity index (χ0) is 11.4. The number of carbonyl (C=O) groups is 1. The van der Waals surface area contributed by atoms with E-state index >= 15 is 0 Å². The van der Waals surface area contributed by atoms with E-state index in [1.54, 1.807) is 0 Å². The molecule has 1 unspecified atom stereocenters. The summed E-state index contributed by atoms with van der Waals surface area (Å²) in [7, 11) is 0.